The van der Waals surface area contributed by atoms with Gasteiger partial charge < -0.3 is 27.8 Å². The molecule has 0 aliphatic carbocycles. The van der Waals surface area contributed by atoms with Crippen molar-refractivity contribution in [3.8, 4) is 34.1 Å². The van der Waals surface area contributed by atoms with Gasteiger partial charge in [0.1, 0.15) is 46.6 Å². The molecule has 0 amide bonds. The van der Waals surface area contributed by atoms with Gasteiger partial charge in [0.2, 0.25) is 0 Å². The first-order valence-corrected chi connectivity index (χ1v) is 18.2. The Hall–Kier alpha value is -6.11. The fraction of sp³-hybridized carbons (Fsp3) is 0.256. The SMILES string of the molecule is Cc1ccc2oc(-c3ccc(OCCCCc4cn(CCOCCOCCOc5ccc(-c6cc(=O)c7cc(F)ccc7o6)cc5)nn4)cc3)cc(=O)c2c1. The predicted molar refractivity (Wildman–Crippen MR) is 206 cm³/mol. The predicted octanol–water partition coefficient (Wildman–Crippen LogP) is 7.79. The molecular formula is C43H40FN3O8. The van der Waals surface area contributed by atoms with Gasteiger partial charge in [-0.3, -0.25) is 9.59 Å². The minimum absolute atomic E-state index is 0.0585. The zero-order valence-electron chi connectivity index (χ0n) is 30.4. The Kier molecular flexibility index (Phi) is 12.1. The molecule has 7 rings (SSSR count). The van der Waals surface area contributed by atoms with Crippen molar-refractivity contribution in [2.75, 3.05) is 39.6 Å². The highest BCUT2D eigenvalue weighted by Gasteiger charge is 2.10. The van der Waals surface area contributed by atoms with E-state index in [-0.39, 0.29) is 16.2 Å². The van der Waals surface area contributed by atoms with E-state index < -0.39 is 5.82 Å². The molecule has 0 fully saturated rings. The number of aromatic nitrogens is 3. The first-order chi connectivity index (χ1) is 26.9. The molecule has 0 saturated carbocycles. The fourth-order valence-electron chi connectivity index (χ4n) is 5.97. The van der Waals surface area contributed by atoms with Crippen molar-refractivity contribution in [3.63, 3.8) is 0 Å². The molecule has 55 heavy (non-hydrogen) atoms. The average molecular weight is 746 g/mol. The number of hydrogen-bond acceptors (Lipinski definition) is 10. The quantitative estimate of drug-likeness (QED) is 0.0804. The first kappa shape index (κ1) is 37.2. The van der Waals surface area contributed by atoms with Gasteiger partial charge in [0.15, 0.2) is 10.9 Å². The largest absolute Gasteiger partial charge is 0.494 e. The van der Waals surface area contributed by atoms with E-state index in [1.165, 1.54) is 30.3 Å². The minimum atomic E-state index is -0.483. The molecule has 0 N–H and O–H groups in total. The van der Waals surface area contributed by atoms with E-state index >= 15 is 0 Å². The summed E-state index contributed by atoms with van der Waals surface area (Å²) in [6.07, 6.45) is 4.52. The lowest BCUT2D eigenvalue weighted by Crippen LogP contribution is -2.13. The van der Waals surface area contributed by atoms with Crippen molar-refractivity contribution in [2.45, 2.75) is 32.7 Å². The zero-order chi connectivity index (χ0) is 38.0. The Bertz CT molecular complexity index is 2470. The maximum atomic E-state index is 13.5. The van der Waals surface area contributed by atoms with Crippen molar-refractivity contribution in [1.82, 2.24) is 15.0 Å². The summed E-state index contributed by atoms with van der Waals surface area (Å²) in [5.41, 5.74) is 4.01. The maximum Gasteiger partial charge on any atom is 0.193 e. The Labute approximate surface area is 315 Å². The molecule has 0 spiro atoms. The van der Waals surface area contributed by atoms with E-state index in [1.807, 2.05) is 55.6 Å². The molecule has 7 aromatic rings. The molecule has 4 aromatic carbocycles. The zero-order valence-corrected chi connectivity index (χ0v) is 30.4. The van der Waals surface area contributed by atoms with Gasteiger partial charge in [-0.15, -0.1) is 5.10 Å². The van der Waals surface area contributed by atoms with Crippen molar-refractivity contribution in [3.05, 3.63) is 141 Å². The van der Waals surface area contributed by atoms with Crippen LogP contribution in [0.5, 0.6) is 11.5 Å². The second kappa shape index (κ2) is 17.8. The minimum Gasteiger partial charge on any atom is -0.494 e. The van der Waals surface area contributed by atoms with Crippen LogP contribution in [-0.2, 0) is 22.4 Å². The van der Waals surface area contributed by atoms with Crippen LogP contribution in [0.3, 0.4) is 0 Å². The van der Waals surface area contributed by atoms with Gasteiger partial charge in [-0.25, -0.2) is 9.07 Å². The monoisotopic (exact) mass is 745 g/mol. The number of hydrogen-bond donors (Lipinski definition) is 0. The van der Waals surface area contributed by atoms with Crippen molar-refractivity contribution in [2.24, 2.45) is 0 Å². The molecule has 0 atom stereocenters. The Morgan fingerprint density at radius 2 is 1.22 bits per heavy atom. The molecule has 11 nitrogen and oxygen atoms in total. The van der Waals surface area contributed by atoms with Crippen molar-refractivity contribution < 1.29 is 32.2 Å². The molecule has 3 heterocycles. The third-order valence-corrected chi connectivity index (χ3v) is 8.86. The summed E-state index contributed by atoms with van der Waals surface area (Å²) in [5.74, 6) is 1.86. The molecule has 0 radical (unpaired) electrons. The van der Waals surface area contributed by atoms with Crippen LogP contribution in [0.15, 0.2) is 122 Å². The third kappa shape index (κ3) is 9.91. The highest BCUT2D eigenvalue weighted by atomic mass is 19.1. The van der Waals surface area contributed by atoms with Crippen LogP contribution in [0.1, 0.15) is 24.1 Å². The van der Waals surface area contributed by atoms with Crippen LogP contribution in [-0.4, -0.2) is 54.6 Å². The molecule has 0 bridgehead atoms. The summed E-state index contributed by atoms with van der Waals surface area (Å²) in [5, 5.41) is 9.26. The maximum absolute atomic E-state index is 13.5. The van der Waals surface area contributed by atoms with E-state index in [0.29, 0.717) is 85.6 Å². The standard InChI is InChI=1S/C43H40FN3O8/c1-29-5-15-40-36(24-29)38(48)26-42(54-40)30-6-11-34(12-7-30)52-18-3-2-4-33-28-47(46-45-33)17-19-50-20-21-51-22-23-53-35-13-8-31(9-14-35)43-27-39(49)37-25-32(44)10-16-41(37)55-43/h5-16,24-28H,2-4,17-23H2,1H3. The summed E-state index contributed by atoms with van der Waals surface area (Å²) < 4.78 is 50.0. The summed E-state index contributed by atoms with van der Waals surface area (Å²) in [4.78, 5) is 25.0. The topological polar surface area (TPSA) is 128 Å². The van der Waals surface area contributed by atoms with Gasteiger partial charge in [0, 0.05) is 29.5 Å². The summed E-state index contributed by atoms with van der Waals surface area (Å²) in [6, 6.07) is 27.1. The van der Waals surface area contributed by atoms with Crippen LogP contribution >= 0.6 is 0 Å². The van der Waals surface area contributed by atoms with Crippen molar-refractivity contribution in [1.29, 1.82) is 0 Å². The number of fused-ring (bicyclic) bond motifs is 2. The normalized spacial score (nSPS) is 11.4. The summed E-state index contributed by atoms with van der Waals surface area (Å²) in [6.45, 7) is 5.26. The number of benzene rings is 4. The second-order valence-electron chi connectivity index (χ2n) is 13.0. The molecule has 0 unspecified atom stereocenters. The van der Waals surface area contributed by atoms with E-state index in [2.05, 4.69) is 10.3 Å². The Morgan fingerprint density at radius 3 is 1.89 bits per heavy atom. The van der Waals surface area contributed by atoms with Crippen molar-refractivity contribution >= 4 is 21.9 Å². The molecule has 0 saturated heterocycles. The number of ether oxygens (including phenoxy) is 4. The summed E-state index contributed by atoms with van der Waals surface area (Å²) >= 11 is 0. The van der Waals surface area contributed by atoms with Crippen LogP contribution in [0.2, 0.25) is 0 Å². The van der Waals surface area contributed by atoms with Crippen LogP contribution in [0, 0.1) is 12.7 Å². The Balaban J connectivity index is 0.724. The lowest BCUT2D eigenvalue weighted by atomic mass is 10.1. The fourth-order valence-corrected chi connectivity index (χ4v) is 5.97. The second-order valence-corrected chi connectivity index (χ2v) is 13.0. The number of unbranched alkanes of at least 4 members (excludes halogenated alkanes) is 1. The van der Waals surface area contributed by atoms with E-state index in [4.69, 9.17) is 27.8 Å². The average Bonchev–Trinajstić information content (AvgIpc) is 3.65. The van der Waals surface area contributed by atoms with E-state index in [9.17, 15) is 14.0 Å². The van der Waals surface area contributed by atoms with E-state index in [1.54, 1.807) is 28.9 Å². The molecule has 0 aliphatic rings. The lowest BCUT2D eigenvalue weighted by Gasteiger charge is -2.09. The molecular weight excluding hydrogens is 705 g/mol. The molecule has 0 aliphatic heterocycles. The number of rotatable bonds is 18. The number of nitrogens with zero attached hydrogens (tertiary/aromatic N) is 3. The lowest BCUT2D eigenvalue weighted by molar-refractivity contribution is 0.0333. The highest BCUT2D eigenvalue weighted by Crippen LogP contribution is 2.26. The summed E-state index contributed by atoms with van der Waals surface area (Å²) in [7, 11) is 0. The van der Waals surface area contributed by atoms with Crippen LogP contribution in [0.4, 0.5) is 4.39 Å². The molecule has 282 valence electrons. The van der Waals surface area contributed by atoms with Crippen LogP contribution < -0.4 is 20.3 Å². The Morgan fingerprint density at radius 1 is 0.636 bits per heavy atom. The van der Waals surface area contributed by atoms with Gasteiger partial charge in [-0.1, -0.05) is 16.8 Å². The first-order valence-electron chi connectivity index (χ1n) is 18.2. The molecule has 3 aromatic heterocycles. The highest BCUT2D eigenvalue weighted by molar-refractivity contribution is 5.80. The van der Waals surface area contributed by atoms with Gasteiger partial charge in [-0.05, 0) is 105 Å². The van der Waals surface area contributed by atoms with Gasteiger partial charge in [0.05, 0.1) is 56.0 Å². The number of aryl methyl sites for hydroxylation is 2. The van der Waals surface area contributed by atoms with Gasteiger partial charge >= 0.3 is 0 Å². The van der Waals surface area contributed by atoms with E-state index in [0.717, 1.165) is 41.8 Å². The number of halogens is 1. The van der Waals surface area contributed by atoms with Gasteiger partial charge in [0.25, 0.3) is 0 Å². The smallest absolute Gasteiger partial charge is 0.193 e. The third-order valence-electron chi connectivity index (χ3n) is 8.86. The van der Waals surface area contributed by atoms with Gasteiger partial charge in [-0.2, -0.15) is 0 Å². The molecule has 12 heteroatoms. The van der Waals surface area contributed by atoms with Crippen LogP contribution in [0.25, 0.3) is 44.6 Å².